The van der Waals surface area contributed by atoms with Crippen molar-refractivity contribution in [2.24, 2.45) is 0 Å². The number of aromatic nitrogens is 2. The van der Waals surface area contributed by atoms with Gasteiger partial charge in [0, 0.05) is 55.4 Å². The van der Waals surface area contributed by atoms with Crippen LogP contribution in [0.5, 0.6) is 0 Å². The summed E-state index contributed by atoms with van der Waals surface area (Å²) in [6.45, 7) is 8.39. The monoisotopic (exact) mass is 338 g/mol. The number of piperazine rings is 1. The summed E-state index contributed by atoms with van der Waals surface area (Å²) < 4.78 is 2.35. The summed E-state index contributed by atoms with van der Waals surface area (Å²) in [7, 11) is 0. The molecule has 1 aliphatic carbocycles. The fourth-order valence-electron chi connectivity index (χ4n) is 3.92. The highest BCUT2D eigenvalue weighted by molar-refractivity contribution is 5.99. The highest BCUT2D eigenvalue weighted by atomic mass is 16.1. The first-order valence-corrected chi connectivity index (χ1v) is 9.23. The van der Waals surface area contributed by atoms with Crippen molar-refractivity contribution in [3.8, 4) is 0 Å². The van der Waals surface area contributed by atoms with Crippen molar-refractivity contribution < 1.29 is 4.79 Å². The molecule has 2 aromatic heterocycles. The topological polar surface area (TPSA) is 41.4 Å². The second kappa shape index (κ2) is 6.64. The number of hydrogen-bond donors (Lipinski definition) is 0. The maximum absolute atomic E-state index is 12.8. The smallest absolute Gasteiger partial charge is 0.178 e. The van der Waals surface area contributed by atoms with E-state index in [2.05, 4.69) is 39.3 Å². The van der Waals surface area contributed by atoms with Gasteiger partial charge in [0.15, 0.2) is 5.78 Å². The summed E-state index contributed by atoms with van der Waals surface area (Å²) in [4.78, 5) is 21.8. The van der Waals surface area contributed by atoms with E-state index in [4.69, 9.17) is 0 Å². The molecule has 2 aliphatic rings. The van der Waals surface area contributed by atoms with E-state index in [0.717, 1.165) is 43.3 Å². The van der Waals surface area contributed by atoms with Crippen molar-refractivity contribution in [1.29, 1.82) is 0 Å². The first-order valence-electron chi connectivity index (χ1n) is 9.23. The Labute approximate surface area is 149 Å². The van der Waals surface area contributed by atoms with Gasteiger partial charge in [0.1, 0.15) is 5.82 Å². The number of carbonyl (C=O) groups excluding carboxylic acids is 1. The third kappa shape index (κ3) is 3.33. The van der Waals surface area contributed by atoms with E-state index in [9.17, 15) is 4.79 Å². The Hall–Kier alpha value is -2.14. The van der Waals surface area contributed by atoms with Gasteiger partial charge >= 0.3 is 0 Å². The van der Waals surface area contributed by atoms with E-state index < -0.39 is 0 Å². The van der Waals surface area contributed by atoms with Gasteiger partial charge in [-0.3, -0.25) is 9.69 Å². The molecule has 0 aromatic carbocycles. The first kappa shape index (κ1) is 16.3. The Morgan fingerprint density at radius 3 is 2.56 bits per heavy atom. The van der Waals surface area contributed by atoms with Crippen LogP contribution < -0.4 is 4.90 Å². The van der Waals surface area contributed by atoms with Gasteiger partial charge in [0.05, 0.1) is 6.54 Å². The van der Waals surface area contributed by atoms with Gasteiger partial charge < -0.3 is 9.47 Å². The quantitative estimate of drug-likeness (QED) is 0.786. The highest BCUT2D eigenvalue weighted by Gasteiger charge is 2.29. The molecule has 3 heterocycles. The van der Waals surface area contributed by atoms with Gasteiger partial charge in [-0.05, 0) is 44.9 Å². The lowest BCUT2D eigenvalue weighted by Crippen LogP contribution is -2.48. The predicted octanol–water partition coefficient (Wildman–Crippen LogP) is 2.84. The van der Waals surface area contributed by atoms with E-state index in [1.54, 1.807) is 0 Å². The summed E-state index contributed by atoms with van der Waals surface area (Å²) in [6.07, 6.45) is 4.33. The average molecular weight is 338 g/mol. The zero-order valence-electron chi connectivity index (χ0n) is 15.1. The zero-order valence-corrected chi connectivity index (χ0v) is 15.1. The van der Waals surface area contributed by atoms with Crippen LogP contribution in [0.3, 0.4) is 0 Å². The molecule has 0 radical (unpaired) electrons. The molecule has 0 bridgehead atoms. The number of Topliss-reactive ketones (excluding diaryl/α,β-unsaturated/α-hetero) is 1. The molecule has 0 atom stereocenters. The molecule has 5 heteroatoms. The van der Waals surface area contributed by atoms with E-state index in [1.165, 1.54) is 18.5 Å². The summed E-state index contributed by atoms with van der Waals surface area (Å²) in [5.41, 5.74) is 3.29. The minimum absolute atomic E-state index is 0.256. The molecule has 2 aromatic rings. The molecule has 132 valence electrons. The SMILES string of the molecule is Cc1cc(C(=O)CN2CCN(c3ccccn3)CC2)c(C)n1C1CC1. The Kier molecular flexibility index (Phi) is 4.34. The van der Waals surface area contributed by atoms with E-state index >= 15 is 0 Å². The third-order valence-electron chi connectivity index (χ3n) is 5.41. The first-order chi connectivity index (χ1) is 12.1. The molecule has 1 saturated heterocycles. The van der Waals surface area contributed by atoms with Crippen molar-refractivity contribution in [2.75, 3.05) is 37.6 Å². The van der Waals surface area contributed by atoms with Gasteiger partial charge in [-0.1, -0.05) is 6.07 Å². The van der Waals surface area contributed by atoms with Crippen LogP contribution in [0.1, 0.15) is 40.6 Å². The fourth-order valence-corrected chi connectivity index (χ4v) is 3.92. The van der Waals surface area contributed by atoms with E-state index in [-0.39, 0.29) is 5.78 Å². The minimum atomic E-state index is 0.256. The van der Waals surface area contributed by atoms with E-state index in [1.807, 2.05) is 24.4 Å². The molecule has 4 rings (SSSR count). The van der Waals surface area contributed by atoms with Gasteiger partial charge in [0.2, 0.25) is 0 Å². The maximum atomic E-state index is 12.8. The van der Waals surface area contributed by atoms with Gasteiger partial charge in [-0.25, -0.2) is 4.98 Å². The second-order valence-corrected chi connectivity index (χ2v) is 7.26. The summed E-state index contributed by atoms with van der Waals surface area (Å²) in [5, 5.41) is 0. The minimum Gasteiger partial charge on any atom is -0.354 e. The van der Waals surface area contributed by atoms with Crippen molar-refractivity contribution in [3.05, 3.63) is 47.4 Å². The average Bonchev–Trinajstić information content (AvgIpc) is 3.41. The molecule has 0 amide bonds. The van der Waals surface area contributed by atoms with Crippen LogP contribution in [0.4, 0.5) is 5.82 Å². The molecule has 5 nitrogen and oxygen atoms in total. The summed E-state index contributed by atoms with van der Waals surface area (Å²) >= 11 is 0. The van der Waals surface area contributed by atoms with Crippen LogP contribution in [-0.4, -0.2) is 53.0 Å². The lowest BCUT2D eigenvalue weighted by Gasteiger charge is -2.35. The zero-order chi connectivity index (χ0) is 17.4. The number of rotatable bonds is 5. The number of nitrogens with zero attached hydrogens (tertiary/aromatic N) is 4. The number of pyridine rings is 1. The standard InChI is InChI=1S/C20H26N4O/c1-15-13-18(16(2)24(15)17-6-7-17)19(25)14-22-9-11-23(12-10-22)20-5-3-4-8-21-20/h3-5,8,13,17H,6-7,9-12,14H2,1-2H3. The Bertz CT molecular complexity index is 756. The molecular weight excluding hydrogens is 312 g/mol. The van der Waals surface area contributed by atoms with Gasteiger partial charge in [0.25, 0.3) is 0 Å². The van der Waals surface area contributed by atoms with Crippen LogP contribution in [0, 0.1) is 13.8 Å². The normalized spacial score (nSPS) is 18.6. The number of carbonyl (C=O) groups is 1. The summed E-state index contributed by atoms with van der Waals surface area (Å²) in [6, 6.07) is 8.72. The Balaban J connectivity index is 1.37. The van der Waals surface area contributed by atoms with Gasteiger partial charge in [-0.2, -0.15) is 0 Å². The fraction of sp³-hybridized carbons (Fsp3) is 0.500. The molecule has 25 heavy (non-hydrogen) atoms. The van der Waals surface area contributed by atoms with Crippen molar-refractivity contribution in [2.45, 2.75) is 32.7 Å². The lowest BCUT2D eigenvalue weighted by molar-refractivity contribution is 0.0925. The Morgan fingerprint density at radius 1 is 1.16 bits per heavy atom. The number of hydrogen-bond acceptors (Lipinski definition) is 4. The molecule has 0 unspecified atom stereocenters. The second-order valence-electron chi connectivity index (χ2n) is 7.26. The van der Waals surface area contributed by atoms with Crippen molar-refractivity contribution in [3.63, 3.8) is 0 Å². The molecule has 0 N–H and O–H groups in total. The molecule has 0 spiro atoms. The molecule has 1 saturated carbocycles. The van der Waals surface area contributed by atoms with Gasteiger partial charge in [-0.15, -0.1) is 0 Å². The molecule has 2 fully saturated rings. The van der Waals surface area contributed by atoms with E-state index in [0.29, 0.717) is 12.6 Å². The number of aryl methyl sites for hydroxylation is 1. The molecule has 1 aliphatic heterocycles. The third-order valence-corrected chi connectivity index (χ3v) is 5.41. The molecular formula is C20H26N4O. The van der Waals surface area contributed by atoms with Crippen LogP contribution >= 0.6 is 0 Å². The number of ketones is 1. The van der Waals surface area contributed by atoms with Crippen LogP contribution in [0.15, 0.2) is 30.5 Å². The van der Waals surface area contributed by atoms with Crippen LogP contribution in [0.2, 0.25) is 0 Å². The number of anilines is 1. The Morgan fingerprint density at radius 2 is 1.92 bits per heavy atom. The van der Waals surface area contributed by atoms with Crippen LogP contribution in [0.25, 0.3) is 0 Å². The maximum Gasteiger partial charge on any atom is 0.178 e. The lowest BCUT2D eigenvalue weighted by atomic mass is 10.1. The summed E-state index contributed by atoms with van der Waals surface area (Å²) in [5.74, 6) is 1.28. The van der Waals surface area contributed by atoms with Crippen LogP contribution in [-0.2, 0) is 0 Å². The highest BCUT2D eigenvalue weighted by Crippen LogP contribution is 2.38. The van der Waals surface area contributed by atoms with Crippen molar-refractivity contribution >= 4 is 11.6 Å². The predicted molar refractivity (Wildman–Crippen MR) is 99.4 cm³/mol. The van der Waals surface area contributed by atoms with Crippen molar-refractivity contribution in [1.82, 2.24) is 14.5 Å². The largest absolute Gasteiger partial charge is 0.354 e.